The zero-order valence-electron chi connectivity index (χ0n) is 14.7. The van der Waals surface area contributed by atoms with Crippen LogP contribution in [0.15, 0.2) is 46.9 Å². The van der Waals surface area contributed by atoms with Crippen LogP contribution in [0.5, 0.6) is 11.5 Å². The molecule has 0 atom stereocenters. The second-order valence-corrected chi connectivity index (χ2v) is 6.62. The summed E-state index contributed by atoms with van der Waals surface area (Å²) in [5.74, 6) is 1.19. The van der Waals surface area contributed by atoms with Crippen LogP contribution < -0.4 is 20.1 Å². The number of amides is 1. The summed E-state index contributed by atoms with van der Waals surface area (Å²) in [4.78, 5) is 12.3. The van der Waals surface area contributed by atoms with Gasteiger partial charge in [-0.15, -0.1) is 0 Å². The number of nitrogens with one attached hydrogen (secondary N) is 2. The third kappa shape index (κ3) is 6.00. The predicted octanol–water partition coefficient (Wildman–Crippen LogP) is 4.76. The first-order chi connectivity index (χ1) is 12.5. The first kappa shape index (κ1) is 20.2. The van der Waals surface area contributed by atoms with Gasteiger partial charge in [-0.25, -0.2) is 0 Å². The van der Waals surface area contributed by atoms with Crippen molar-refractivity contribution < 1.29 is 14.3 Å². The lowest BCUT2D eigenvalue weighted by Crippen LogP contribution is -2.34. The van der Waals surface area contributed by atoms with E-state index < -0.39 is 0 Å². The molecule has 0 saturated carbocycles. The lowest BCUT2D eigenvalue weighted by atomic mass is 10.2. The first-order valence-electron chi connectivity index (χ1n) is 8.31. The van der Waals surface area contributed by atoms with Gasteiger partial charge in [0, 0.05) is 11.3 Å². The van der Waals surface area contributed by atoms with Crippen LogP contribution in [0.2, 0.25) is 0 Å². The summed E-state index contributed by atoms with van der Waals surface area (Å²) in [6.45, 7) is 5.20. The zero-order valence-corrected chi connectivity index (χ0v) is 17.1. The Labute approximate surface area is 167 Å². The molecule has 0 aliphatic heterocycles. The minimum atomic E-state index is -0.295. The fraction of sp³-hybridized carbons (Fsp3) is 0.263. The van der Waals surface area contributed by atoms with Gasteiger partial charge in [0.15, 0.2) is 5.11 Å². The molecule has 0 heterocycles. The van der Waals surface area contributed by atoms with Gasteiger partial charge in [0.1, 0.15) is 11.5 Å². The molecule has 2 aromatic rings. The van der Waals surface area contributed by atoms with Crippen LogP contribution in [-0.2, 0) is 0 Å². The van der Waals surface area contributed by atoms with Gasteiger partial charge in [-0.1, -0.05) is 6.92 Å². The highest BCUT2D eigenvalue weighted by Crippen LogP contribution is 2.26. The highest BCUT2D eigenvalue weighted by atomic mass is 79.9. The summed E-state index contributed by atoms with van der Waals surface area (Å²) in [6, 6.07) is 12.5. The lowest BCUT2D eigenvalue weighted by Gasteiger charge is -2.12. The van der Waals surface area contributed by atoms with Crippen LogP contribution in [0.1, 0.15) is 30.6 Å². The van der Waals surface area contributed by atoms with E-state index in [2.05, 4.69) is 26.6 Å². The molecular weight excluding hydrogens is 416 g/mol. The van der Waals surface area contributed by atoms with Crippen molar-refractivity contribution in [3.63, 3.8) is 0 Å². The Morgan fingerprint density at radius 3 is 2.46 bits per heavy atom. The third-order valence-corrected chi connectivity index (χ3v) is 4.13. The summed E-state index contributed by atoms with van der Waals surface area (Å²) < 4.78 is 11.7. The third-order valence-electron chi connectivity index (χ3n) is 3.31. The number of hydrogen-bond acceptors (Lipinski definition) is 4. The maximum absolute atomic E-state index is 12.3. The second kappa shape index (κ2) is 10.1. The van der Waals surface area contributed by atoms with Gasteiger partial charge in [-0.3, -0.25) is 10.1 Å². The van der Waals surface area contributed by atoms with Gasteiger partial charge in [-0.2, -0.15) is 0 Å². The molecule has 0 saturated heterocycles. The molecule has 0 fully saturated rings. The molecule has 0 bridgehead atoms. The van der Waals surface area contributed by atoms with E-state index in [1.807, 2.05) is 38.1 Å². The topological polar surface area (TPSA) is 59.6 Å². The van der Waals surface area contributed by atoms with Crippen LogP contribution in [0.4, 0.5) is 5.69 Å². The molecular formula is C19H21BrN2O3S. The van der Waals surface area contributed by atoms with Crippen molar-refractivity contribution in [2.75, 3.05) is 18.5 Å². The van der Waals surface area contributed by atoms with Gasteiger partial charge in [0.25, 0.3) is 5.91 Å². The molecule has 7 heteroatoms. The van der Waals surface area contributed by atoms with E-state index in [1.54, 1.807) is 18.2 Å². The second-order valence-electron chi connectivity index (χ2n) is 5.36. The van der Waals surface area contributed by atoms with E-state index in [0.29, 0.717) is 24.5 Å². The molecule has 2 N–H and O–H groups in total. The van der Waals surface area contributed by atoms with Crippen molar-refractivity contribution in [1.82, 2.24) is 5.32 Å². The van der Waals surface area contributed by atoms with Crippen molar-refractivity contribution in [2.24, 2.45) is 0 Å². The van der Waals surface area contributed by atoms with E-state index in [1.165, 1.54) is 0 Å². The Kier molecular flexibility index (Phi) is 7.87. The lowest BCUT2D eigenvalue weighted by molar-refractivity contribution is 0.0977. The fourth-order valence-corrected chi connectivity index (χ4v) is 2.81. The van der Waals surface area contributed by atoms with E-state index in [9.17, 15) is 4.79 Å². The van der Waals surface area contributed by atoms with Gasteiger partial charge < -0.3 is 14.8 Å². The molecule has 0 aromatic heterocycles. The molecule has 1 amide bonds. The monoisotopic (exact) mass is 436 g/mol. The van der Waals surface area contributed by atoms with E-state index in [0.717, 1.165) is 22.3 Å². The number of rotatable bonds is 7. The predicted molar refractivity (Wildman–Crippen MR) is 111 cm³/mol. The number of carbonyl (C=O) groups is 1. The van der Waals surface area contributed by atoms with Gasteiger partial charge in [-0.05, 0) is 84.0 Å². The minimum Gasteiger partial charge on any atom is -0.494 e. The fourth-order valence-electron chi connectivity index (χ4n) is 2.11. The van der Waals surface area contributed by atoms with Crippen molar-refractivity contribution >= 4 is 44.9 Å². The largest absolute Gasteiger partial charge is 0.494 e. The smallest absolute Gasteiger partial charge is 0.257 e. The number of thiocarbonyl (C=S) groups is 1. The quantitative estimate of drug-likeness (QED) is 0.612. The Bertz CT molecular complexity index is 766. The Hall–Kier alpha value is -2.12. The summed E-state index contributed by atoms with van der Waals surface area (Å²) in [5, 5.41) is 5.86. The summed E-state index contributed by atoms with van der Waals surface area (Å²) in [7, 11) is 0. The van der Waals surface area contributed by atoms with Crippen LogP contribution in [0.3, 0.4) is 0 Å². The van der Waals surface area contributed by atoms with Crippen molar-refractivity contribution in [3.05, 3.63) is 52.5 Å². The molecule has 138 valence electrons. The highest BCUT2D eigenvalue weighted by Gasteiger charge is 2.11. The molecule has 2 rings (SSSR count). The van der Waals surface area contributed by atoms with Crippen LogP contribution in [0, 0.1) is 0 Å². The van der Waals surface area contributed by atoms with Crippen molar-refractivity contribution in [1.29, 1.82) is 0 Å². The Balaban J connectivity index is 1.94. The first-order valence-corrected chi connectivity index (χ1v) is 9.51. The average molecular weight is 437 g/mol. The van der Waals surface area contributed by atoms with Crippen LogP contribution >= 0.6 is 28.1 Å². The number of anilines is 1. The van der Waals surface area contributed by atoms with Gasteiger partial charge >= 0.3 is 0 Å². The Morgan fingerprint density at radius 2 is 1.85 bits per heavy atom. The van der Waals surface area contributed by atoms with Crippen LogP contribution in [0.25, 0.3) is 0 Å². The maximum atomic E-state index is 12.3. The molecule has 0 spiro atoms. The molecule has 0 aliphatic carbocycles. The molecule has 0 aliphatic rings. The number of hydrogen-bond donors (Lipinski definition) is 2. The average Bonchev–Trinajstić information content (AvgIpc) is 2.62. The number of ether oxygens (including phenoxy) is 2. The number of carbonyl (C=O) groups excluding carboxylic acids is 1. The molecule has 0 unspecified atom stereocenters. The number of benzene rings is 2. The Morgan fingerprint density at radius 1 is 1.12 bits per heavy atom. The summed E-state index contributed by atoms with van der Waals surface area (Å²) in [5.41, 5.74) is 1.25. The summed E-state index contributed by atoms with van der Waals surface area (Å²) >= 11 is 8.62. The molecule has 5 nitrogen and oxygen atoms in total. The minimum absolute atomic E-state index is 0.224. The van der Waals surface area contributed by atoms with Crippen molar-refractivity contribution in [2.45, 2.75) is 20.3 Å². The SMILES string of the molecule is CCCOc1ccc(C(=O)NC(=S)Nc2ccc(OCC)cc2)cc1Br. The van der Waals surface area contributed by atoms with Crippen molar-refractivity contribution in [3.8, 4) is 11.5 Å². The summed E-state index contributed by atoms with van der Waals surface area (Å²) in [6.07, 6.45) is 0.917. The van der Waals surface area contributed by atoms with E-state index in [4.69, 9.17) is 21.7 Å². The van der Waals surface area contributed by atoms with Crippen LogP contribution in [-0.4, -0.2) is 24.2 Å². The van der Waals surface area contributed by atoms with Gasteiger partial charge in [0.2, 0.25) is 0 Å². The van der Waals surface area contributed by atoms with E-state index >= 15 is 0 Å². The highest BCUT2D eigenvalue weighted by molar-refractivity contribution is 9.10. The zero-order chi connectivity index (χ0) is 18.9. The maximum Gasteiger partial charge on any atom is 0.257 e. The number of halogens is 1. The molecule has 26 heavy (non-hydrogen) atoms. The van der Waals surface area contributed by atoms with E-state index in [-0.39, 0.29) is 11.0 Å². The molecule has 0 radical (unpaired) electrons. The van der Waals surface area contributed by atoms with Gasteiger partial charge in [0.05, 0.1) is 17.7 Å². The molecule has 2 aromatic carbocycles. The standard InChI is InChI=1S/C19H21BrN2O3S/c1-3-11-25-17-10-5-13(12-16(17)20)18(23)22-19(26)21-14-6-8-15(9-7-14)24-4-2/h5-10,12H,3-4,11H2,1-2H3,(H2,21,22,23,26). The normalized spacial score (nSPS) is 10.1.